The van der Waals surface area contributed by atoms with E-state index in [1.165, 1.54) is 0 Å². The SMILES string of the molecule is CSc1nnc(SCc2cc3c(cc2N)OCCO3)s1. The Morgan fingerprint density at radius 1 is 1.20 bits per heavy atom. The van der Waals surface area contributed by atoms with Gasteiger partial charge in [-0.15, -0.1) is 10.2 Å². The van der Waals surface area contributed by atoms with Crippen LogP contribution in [0.2, 0.25) is 0 Å². The molecule has 0 saturated heterocycles. The van der Waals surface area contributed by atoms with Gasteiger partial charge in [-0.2, -0.15) is 0 Å². The minimum Gasteiger partial charge on any atom is -0.486 e. The molecule has 1 aliphatic rings. The number of thioether (sulfide) groups is 2. The topological polar surface area (TPSA) is 70.3 Å². The van der Waals surface area contributed by atoms with E-state index in [9.17, 15) is 0 Å². The molecule has 0 unspecified atom stereocenters. The number of aromatic nitrogens is 2. The highest BCUT2D eigenvalue weighted by Crippen LogP contribution is 2.37. The van der Waals surface area contributed by atoms with Gasteiger partial charge < -0.3 is 15.2 Å². The lowest BCUT2D eigenvalue weighted by Crippen LogP contribution is -2.15. The minimum atomic E-state index is 0.572. The zero-order valence-electron chi connectivity index (χ0n) is 10.8. The van der Waals surface area contributed by atoms with Crippen LogP contribution in [0.5, 0.6) is 11.5 Å². The molecule has 1 aromatic heterocycles. The highest BCUT2D eigenvalue weighted by molar-refractivity contribution is 8.02. The maximum Gasteiger partial charge on any atom is 0.175 e. The molecule has 1 aliphatic heterocycles. The lowest BCUT2D eigenvalue weighted by atomic mass is 10.2. The summed E-state index contributed by atoms with van der Waals surface area (Å²) in [6.45, 7) is 1.15. The molecule has 0 bridgehead atoms. The third kappa shape index (κ3) is 2.97. The number of benzene rings is 1. The summed E-state index contributed by atoms with van der Waals surface area (Å²) in [6.07, 6.45) is 1.99. The second-order valence-corrected chi connectivity index (χ2v) is 7.27. The number of hydrogen-bond acceptors (Lipinski definition) is 8. The van der Waals surface area contributed by atoms with Crippen LogP contribution in [0, 0.1) is 0 Å². The summed E-state index contributed by atoms with van der Waals surface area (Å²) < 4.78 is 13.0. The predicted octanol–water partition coefficient (Wildman–Crippen LogP) is 2.91. The second-order valence-electron chi connectivity index (χ2n) is 4.02. The molecule has 5 nitrogen and oxygen atoms in total. The van der Waals surface area contributed by atoms with E-state index in [1.807, 2.05) is 18.4 Å². The maximum atomic E-state index is 6.05. The highest BCUT2D eigenvalue weighted by atomic mass is 32.2. The van der Waals surface area contributed by atoms with Crippen LogP contribution in [0.1, 0.15) is 5.56 Å². The smallest absolute Gasteiger partial charge is 0.175 e. The van der Waals surface area contributed by atoms with Gasteiger partial charge in [-0.25, -0.2) is 0 Å². The summed E-state index contributed by atoms with van der Waals surface area (Å²) in [5.41, 5.74) is 7.80. The van der Waals surface area contributed by atoms with E-state index in [-0.39, 0.29) is 0 Å². The molecule has 0 fully saturated rings. The van der Waals surface area contributed by atoms with Crippen LogP contribution >= 0.6 is 34.9 Å². The van der Waals surface area contributed by atoms with Crippen molar-refractivity contribution in [2.24, 2.45) is 0 Å². The number of ether oxygens (including phenoxy) is 2. The van der Waals surface area contributed by atoms with Crippen LogP contribution in [-0.4, -0.2) is 29.7 Å². The molecule has 0 radical (unpaired) electrons. The maximum absolute atomic E-state index is 6.05. The number of fused-ring (bicyclic) bond motifs is 1. The molecule has 3 rings (SSSR count). The average Bonchev–Trinajstić information content (AvgIpc) is 2.93. The molecule has 0 atom stereocenters. The Morgan fingerprint density at radius 2 is 1.90 bits per heavy atom. The fraction of sp³-hybridized carbons (Fsp3) is 0.333. The van der Waals surface area contributed by atoms with Crippen molar-refractivity contribution in [1.82, 2.24) is 10.2 Å². The van der Waals surface area contributed by atoms with Crippen molar-refractivity contribution in [3.63, 3.8) is 0 Å². The fourth-order valence-corrected chi connectivity index (χ4v) is 4.19. The van der Waals surface area contributed by atoms with Crippen molar-refractivity contribution in [2.45, 2.75) is 14.4 Å². The quantitative estimate of drug-likeness (QED) is 0.684. The zero-order chi connectivity index (χ0) is 13.9. The van der Waals surface area contributed by atoms with Crippen molar-refractivity contribution < 1.29 is 9.47 Å². The van der Waals surface area contributed by atoms with Crippen LogP contribution in [0.15, 0.2) is 20.8 Å². The average molecular weight is 327 g/mol. The molecule has 0 amide bonds. The molecule has 20 heavy (non-hydrogen) atoms. The molecular weight excluding hydrogens is 314 g/mol. The van der Waals surface area contributed by atoms with Gasteiger partial charge in [0.1, 0.15) is 13.2 Å². The number of nitrogen functional groups attached to an aromatic ring is 1. The van der Waals surface area contributed by atoms with Gasteiger partial charge in [0.15, 0.2) is 20.2 Å². The van der Waals surface area contributed by atoms with Crippen molar-refractivity contribution in [1.29, 1.82) is 0 Å². The lowest BCUT2D eigenvalue weighted by Gasteiger charge is -2.20. The van der Waals surface area contributed by atoms with Gasteiger partial charge in [0, 0.05) is 17.5 Å². The third-order valence-corrected chi connectivity index (χ3v) is 5.80. The molecule has 0 aliphatic carbocycles. The van der Waals surface area contributed by atoms with Crippen LogP contribution in [0.3, 0.4) is 0 Å². The molecule has 0 spiro atoms. The van der Waals surface area contributed by atoms with Crippen molar-refractivity contribution in [2.75, 3.05) is 25.2 Å². The molecule has 8 heteroatoms. The summed E-state index contributed by atoms with van der Waals surface area (Å²) >= 11 is 4.83. The van der Waals surface area contributed by atoms with E-state index >= 15 is 0 Å². The summed E-state index contributed by atoms with van der Waals surface area (Å²) in [4.78, 5) is 0. The van der Waals surface area contributed by atoms with E-state index in [1.54, 1.807) is 34.9 Å². The molecule has 106 valence electrons. The minimum absolute atomic E-state index is 0.572. The van der Waals surface area contributed by atoms with Crippen molar-refractivity contribution in [3.05, 3.63) is 17.7 Å². The van der Waals surface area contributed by atoms with Crippen LogP contribution < -0.4 is 15.2 Å². The molecule has 2 heterocycles. The first-order valence-corrected chi connectivity index (χ1v) is 8.97. The van der Waals surface area contributed by atoms with Gasteiger partial charge in [-0.1, -0.05) is 34.9 Å². The van der Waals surface area contributed by atoms with Crippen molar-refractivity contribution in [3.8, 4) is 11.5 Å². The Labute approximate surface area is 129 Å². The van der Waals surface area contributed by atoms with Gasteiger partial charge in [0.05, 0.1) is 0 Å². The number of rotatable bonds is 4. The molecular formula is C12H13N3O2S3. The predicted molar refractivity (Wildman–Crippen MR) is 83.1 cm³/mol. The number of nitrogens with zero attached hydrogens (tertiary/aromatic N) is 2. The van der Waals surface area contributed by atoms with Crippen molar-refractivity contribution >= 4 is 40.5 Å². The number of hydrogen-bond donors (Lipinski definition) is 1. The Balaban J connectivity index is 1.73. The Hall–Kier alpha value is -1.12. The van der Waals surface area contributed by atoms with E-state index in [4.69, 9.17) is 15.2 Å². The summed E-state index contributed by atoms with van der Waals surface area (Å²) in [5, 5.41) is 8.21. The third-order valence-electron chi connectivity index (χ3n) is 2.72. The number of nitrogens with two attached hydrogens (primary N) is 1. The van der Waals surface area contributed by atoms with Crippen LogP contribution in [-0.2, 0) is 5.75 Å². The summed E-state index contributed by atoms with van der Waals surface area (Å²) in [6, 6.07) is 3.78. The van der Waals surface area contributed by atoms with Gasteiger partial charge in [-0.3, -0.25) is 0 Å². The molecule has 2 aromatic rings. The summed E-state index contributed by atoms with van der Waals surface area (Å²) in [7, 11) is 0. The van der Waals surface area contributed by atoms with E-state index < -0.39 is 0 Å². The monoisotopic (exact) mass is 327 g/mol. The molecule has 2 N–H and O–H groups in total. The zero-order valence-corrected chi connectivity index (χ0v) is 13.2. The first-order valence-electron chi connectivity index (χ1n) is 5.94. The van der Waals surface area contributed by atoms with Crippen LogP contribution in [0.4, 0.5) is 5.69 Å². The van der Waals surface area contributed by atoms with Gasteiger partial charge in [-0.05, 0) is 17.9 Å². The summed E-state index contributed by atoms with van der Waals surface area (Å²) in [5.74, 6) is 2.23. The van der Waals surface area contributed by atoms with Crippen LogP contribution in [0.25, 0.3) is 0 Å². The Kier molecular flexibility index (Phi) is 4.23. The first-order chi connectivity index (χ1) is 9.76. The van der Waals surface area contributed by atoms with E-state index in [0.29, 0.717) is 13.2 Å². The first kappa shape index (κ1) is 13.8. The fourth-order valence-electron chi connectivity index (χ4n) is 1.75. The highest BCUT2D eigenvalue weighted by Gasteiger charge is 2.15. The normalized spacial score (nSPS) is 13.4. The Bertz CT molecular complexity index is 618. The number of anilines is 1. The van der Waals surface area contributed by atoms with E-state index in [2.05, 4.69) is 10.2 Å². The van der Waals surface area contributed by atoms with E-state index in [0.717, 1.165) is 37.2 Å². The second kappa shape index (κ2) is 6.11. The largest absolute Gasteiger partial charge is 0.486 e. The van der Waals surface area contributed by atoms with Gasteiger partial charge >= 0.3 is 0 Å². The lowest BCUT2D eigenvalue weighted by molar-refractivity contribution is 0.171. The standard InChI is InChI=1S/C12H13N3O2S3/c1-18-11-14-15-12(20-11)19-6-7-4-9-10(5-8(7)13)17-3-2-16-9/h4-5H,2-3,6,13H2,1H3. The van der Waals surface area contributed by atoms with Gasteiger partial charge in [0.25, 0.3) is 0 Å². The Morgan fingerprint density at radius 3 is 2.60 bits per heavy atom. The molecule has 1 aromatic carbocycles. The molecule has 0 saturated carbocycles. The van der Waals surface area contributed by atoms with Gasteiger partial charge in [0.2, 0.25) is 0 Å².